The van der Waals surface area contributed by atoms with Crippen molar-refractivity contribution in [1.82, 2.24) is 15.1 Å². The molecule has 0 radical (unpaired) electrons. The lowest BCUT2D eigenvalue weighted by atomic mass is 9.95. The van der Waals surface area contributed by atoms with E-state index < -0.39 is 6.04 Å². The van der Waals surface area contributed by atoms with Gasteiger partial charge in [0.05, 0.1) is 30.0 Å². The predicted octanol–water partition coefficient (Wildman–Crippen LogP) is 3.79. The van der Waals surface area contributed by atoms with Crippen molar-refractivity contribution in [2.45, 2.75) is 31.6 Å². The van der Waals surface area contributed by atoms with E-state index in [0.717, 1.165) is 36.3 Å². The third-order valence-electron chi connectivity index (χ3n) is 6.50. The monoisotopic (exact) mass is 459 g/mol. The van der Waals surface area contributed by atoms with Gasteiger partial charge in [0.25, 0.3) is 5.91 Å². The minimum Gasteiger partial charge on any atom is -0.489 e. The second-order valence-corrected chi connectivity index (χ2v) is 8.81. The first-order valence-electron chi connectivity index (χ1n) is 11.7. The normalized spacial score (nSPS) is 22.1. The summed E-state index contributed by atoms with van der Waals surface area (Å²) < 4.78 is 11.8. The zero-order valence-electron chi connectivity index (χ0n) is 19.1. The van der Waals surface area contributed by atoms with Gasteiger partial charge in [-0.05, 0) is 36.1 Å². The summed E-state index contributed by atoms with van der Waals surface area (Å²) in [7, 11) is 0. The zero-order valence-corrected chi connectivity index (χ0v) is 19.1. The highest BCUT2D eigenvalue weighted by Gasteiger charge is 2.44. The molecule has 1 N–H and O–H groups in total. The van der Waals surface area contributed by atoms with Crippen LogP contribution in [0.25, 0.3) is 0 Å². The summed E-state index contributed by atoms with van der Waals surface area (Å²) in [5, 5.41) is 3.03. The minimum atomic E-state index is -0.536. The molecule has 2 aromatic rings. The van der Waals surface area contributed by atoms with Gasteiger partial charge in [-0.2, -0.15) is 0 Å². The largest absolute Gasteiger partial charge is 0.489 e. The van der Waals surface area contributed by atoms with Gasteiger partial charge in [0.15, 0.2) is 0 Å². The van der Waals surface area contributed by atoms with E-state index in [0.29, 0.717) is 37.6 Å². The van der Waals surface area contributed by atoms with Gasteiger partial charge < -0.3 is 19.7 Å². The molecule has 176 valence electrons. The van der Waals surface area contributed by atoms with Crippen LogP contribution in [0.2, 0.25) is 0 Å². The Kier molecular flexibility index (Phi) is 6.36. The molecule has 0 aliphatic carbocycles. The Morgan fingerprint density at radius 1 is 1.15 bits per heavy atom. The molecule has 0 bridgehead atoms. The van der Waals surface area contributed by atoms with Crippen LogP contribution in [0.5, 0.6) is 5.75 Å². The number of nitrogens with zero attached hydrogens (tertiary/aromatic N) is 2. The molecule has 0 saturated carbocycles. The molecule has 2 atom stereocenters. The van der Waals surface area contributed by atoms with Crippen LogP contribution >= 0.6 is 0 Å². The van der Waals surface area contributed by atoms with Crippen LogP contribution < -0.4 is 10.1 Å². The van der Waals surface area contributed by atoms with Gasteiger partial charge >= 0.3 is 6.03 Å². The van der Waals surface area contributed by atoms with Gasteiger partial charge in [0, 0.05) is 19.7 Å². The molecule has 1 fully saturated rings. The highest BCUT2D eigenvalue weighted by atomic mass is 16.5. The highest BCUT2D eigenvalue weighted by molar-refractivity contribution is 6.01. The summed E-state index contributed by atoms with van der Waals surface area (Å²) in [6.45, 7) is 6.24. The van der Waals surface area contributed by atoms with E-state index in [9.17, 15) is 9.59 Å². The summed E-state index contributed by atoms with van der Waals surface area (Å²) in [6.07, 6.45) is 3.69. The molecule has 0 spiro atoms. The number of amides is 3. The molecule has 0 aromatic heterocycles. The van der Waals surface area contributed by atoms with Gasteiger partial charge in [-0.1, -0.05) is 48.5 Å². The SMILES string of the molecule is C=CCN1C(=O)N[C@@H](c2cccc(OCc3ccccc3)c2)C2=C1CN(C[C@@H]1CCCO1)C2=O. The molecule has 5 rings (SSSR count). The fraction of sp³-hybridized carbons (Fsp3) is 0.333. The Balaban J connectivity index is 1.41. The van der Waals surface area contributed by atoms with Gasteiger partial charge in [-0.25, -0.2) is 4.79 Å². The van der Waals surface area contributed by atoms with Crippen molar-refractivity contribution in [2.75, 3.05) is 26.2 Å². The van der Waals surface area contributed by atoms with Crippen LogP contribution in [0.1, 0.15) is 30.0 Å². The van der Waals surface area contributed by atoms with Gasteiger partial charge in [0.1, 0.15) is 12.4 Å². The van der Waals surface area contributed by atoms with Gasteiger partial charge in [-0.3, -0.25) is 9.69 Å². The standard InChI is InChI=1S/C27H29N3O4/c1-2-13-30-23-17-29(16-22-12-7-14-33-22)26(31)24(23)25(28-27(30)32)20-10-6-11-21(15-20)34-18-19-8-4-3-5-9-19/h2-6,8-11,15,22,25H,1,7,12-14,16-18H2,(H,28,32)/t22-,25-/m0/s1. The molecule has 3 amide bonds. The van der Waals surface area contributed by atoms with Crippen LogP contribution in [-0.4, -0.2) is 54.1 Å². The lowest BCUT2D eigenvalue weighted by Crippen LogP contribution is -2.47. The molecular weight excluding hydrogens is 430 g/mol. The van der Waals surface area contributed by atoms with Crippen molar-refractivity contribution < 1.29 is 19.1 Å². The van der Waals surface area contributed by atoms with Gasteiger partial charge in [-0.15, -0.1) is 6.58 Å². The molecule has 7 heteroatoms. The number of hydrogen-bond donors (Lipinski definition) is 1. The van der Waals surface area contributed by atoms with Crippen molar-refractivity contribution in [3.63, 3.8) is 0 Å². The van der Waals surface area contributed by atoms with E-state index in [1.165, 1.54) is 0 Å². The maximum atomic E-state index is 13.5. The zero-order chi connectivity index (χ0) is 23.5. The molecule has 7 nitrogen and oxygen atoms in total. The van der Waals surface area contributed by atoms with E-state index in [2.05, 4.69) is 11.9 Å². The molecule has 3 aliphatic heterocycles. The van der Waals surface area contributed by atoms with E-state index >= 15 is 0 Å². The fourth-order valence-corrected chi connectivity index (χ4v) is 4.83. The molecule has 3 aliphatic rings. The maximum absolute atomic E-state index is 13.5. The average molecular weight is 460 g/mol. The smallest absolute Gasteiger partial charge is 0.322 e. The van der Waals surface area contributed by atoms with E-state index in [4.69, 9.17) is 9.47 Å². The van der Waals surface area contributed by atoms with Crippen LogP contribution in [0.4, 0.5) is 4.79 Å². The molecule has 1 saturated heterocycles. The quantitative estimate of drug-likeness (QED) is 0.610. The van der Waals surface area contributed by atoms with Crippen LogP contribution in [0, 0.1) is 0 Å². The maximum Gasteiger partial charge on any atom is 0.322 e. The number of carbonyl (C=O) groups excluding carboxylic acids is 2. The van der Waals surface area contributed by atoms with Crippen LogP contribution in [-0.2, 0) is 16.1 Å². The molecule has 3 heterocycles. The van der Waals surface area contributed by atoms with Crippen molar-refractivity contribution >= 4 is 11.9 Å². The van der Waals surface area contributed by atoms with Crippen molar-refractivity contribution in [3.05, 3.63) is 89.6 Å². The number of nitrogens with one attached hydrogen (secondary N) is 1. The third-order valence-corrected chi connectivity index (χ3v) is 6.50. The number of urea groups is 1. The summed E-state index contributed by atoms with van der Waals surface area (Å²) in [5.41, 5.74) is 3.24. The lowest BCUT2D eigenvalue weighted by molar-refractivity contribution is -0.127. The molecule has 0 unspecified atom stereocenters. The average Bonchev–Trinajstić information content (AvgIpc) is 3.49. The topological polar surface area (TPSA) is 71.1 Å². The van der Waals surface area contributed by atoms with Crippen LogP contribution in [0.15, 0.2) is 78.5 Å². The van der Waals surface area contributed by atoms with Crippen molar-refractivity contribution in [2.24, 2.45) is 0 Å². The molecule has 2 aromatic carbocycles. The Morgan fingerprint density at radius 3 is 2.76 bits per heavy atom. The number of rotatable bonds is 8. The first-order chi connectivity index (χ1) is 16.6. The Bertz CT molecular complexity index is 1110. The first-order valence-corrected chi connectivity index (χ1v) is 11.7. The molecule has 34 heavy (non-hydrogen) atoms. The van der Waals surface area contributed by atoms with E-state index in [-0.39, 0.29) is 18.0 Å². The summed E-state index contributed by atoms with van der Waals surface area (Å²) in [5.74, 6) is 0.633. The number of benzene rings is 2. The van der Waals surface area contributed by atoms with Crippen LogP contribution in [0.3, 0.4) is 0 Å². The van der Waals surface area contributed by atoms with Gasteiger partial charge in [0.2, 0.25) is 0 Å². The third kappa shape index (κ3) is 4.43. The summed E-state index contributed by atoms with van der Waals surface area (Å²) >= 11 is 0. The fourth-order valence-electron chi connectivity index (χ4n) is 4.83. The minimum absolute atomic E-state index is 0.0509. The second kappa shape index (κ2) is 9.73. The van der Waals surface area contributed by atoms with E-state index in [1.54, 1.807) is 15.9 Å². The van der Waals surface area contributed by atoms with Crippen molar-refractivity contribution in [3.8, 4) is 5.75 Å². The summed E-state index contributed by atoms with van der Waals surface area (Å²) in [4.78, 5) is 30.0. The lowest BCUT2D eigenvalue weighted by Gasteiger charge is -2.33. The predicted molar refractivity (Wildman–Crippen MR) is 128 cm³/mol. The molecular formula is C27H29N3O4. The number of hydrogen-bond acceptors (Lipinski definition) is 4. The van der Waals surface area contributed by atoms with E-state index in [1.807, 2.05) is 54.6 Å². The Hall–Kier alpha value is -3.58. The Morgan fingerprint density at radius 2 is 2.00 bits per heavy atom. The highest BCUT2D eigenvalue weighted by Crippen LogP contribution is 2.37. The number of carbonyl (C=O) groups is 2. The second-order valence-electron chi connectivity index (χ2n) is 8.81. The number of ether oxygens (including phenoxy) is 2. The Labute approximate surface area is 199 Å². The first kappa shape index (κ1) is 22.2. The van der Waals surface area contributed by atoms with Crippen molar-refractivity contribution in [1.29, 1.82) is 0 Å². The summed E-state index contributed by atoms with van der Waals surface area (Å²) in [6, 6.07) is 16.8.